The lowest BCUT2D eigenvalue weighted by Gasteiger charge is -2.32. The molecule has 0 aromatic heterocycles. The lowest BCUT2D eigenvalue weighted by Crippen LogP contribution is -2.35. The fourth-order valence-electron chi connectivity index (χ4n) is 2.68. The summed E-state index contributed by atoms with van der Waals surface area (Å²) in [6.45, 7) is 7.23. The summed E-state index contributed by atoms with van der Waals surface area (Å²) >= 11 is 0. The van der Waals surface area contributed by atoms with Crippen molar-refractivity contribution in [2.75, 3.05) is 0 Å². The lowest BCUT2D eigenvalue weighted by atomic mass is 10.1. The van der Waals surface area contributed by atoms with E-state index in [1.54, 1.807) is 12.1 Å². The lowest BCUT2D eigenvalue weighted by molar-refractivity contribution is -0.180. The Balaban J connectivity index is 1.65. The van der Waals surface area contributed by atoms with E-state index in [1.165, 1.54) is 5.56 Å². The van der Waals surface area contributed by atoms with Crippen molar-refractivity contribution in [1.82, 2.24) is 5.32 Å². The first-order chi connectivity index (χ1) is 10.9. The summed E-state index contributed by atoms with van der Waals surface area (Å²) in [6, 6.07) is 13.7. The Morgan fingerprint density at radius 1 is 1.22 bits per heavy atom. The minimum Gasteiger partial charge on any atom is -0.508 e. The Bertz CT molecular complexity index is 697. The Hall–Kier alpha value is -2.04. The van der Waals surface area contributed by atoms with Crippen LogP contribution in [0.5, 0.6) is 11.5 Å². The fourth-order valence-corrected chi connectivity index (χ4v) is 2.68. The van der Waals surface area contributed by atoms with Crippen molar-refractivity contribution in [3.8, 4) is 11.5 Å². The molecular weight excluding hydrogens is 290 g/mol. The topological polar surface area (TPSA) is 50.7 Å². The molecule has 0 bridgehead atoms. The summed E-state index contributed by atoms with van der Waals surface area (Å²) in [5.41, 5.74) is 3.33. The number of aromatic hydroxyl groups is 1. The zero-order valence-corrected chi connectivity index (χ0v) is 13.8. The molecule has 4 heteroatoms. The maximum atomic E-state index is 9.57. The zero-order chi connectivity index (χ0) is 16.4. The van der Waals surface area contributed by atoms with E-state index in [9.17, 15) is 5.11 Å². The van der Waals surface area contributed by atoms with Crippen molar-refractivity contribution in [2.24, 2.45) is 0 Å². The Morgan fingerprint density at radius 3 is 2.83 bits per heavy atom. The first kappa shape index (κ1) is 15.8. The molecule has 0 spiro atoms. The minimum absolute atomic E-state index is 0.157. The number of benzene rings is 2. The van der Waals surface area contributed by atoms with Crippen LogP contribution in [0.25, 0.3) is 0 Å². The molecule has 1 aliphatic heterocycles. The average Bonchev–Trinajstić information content (AvgIpc) is 2.52. The van der Waals surface area contributed by atoms with Gasteiger partial charge >= 0.3 is 0 Å². The molecule has 2 aromatic rings. The summed E-state index contributed by atoms with van der Waals surface area (Å²) in [7, 11) is 0. The first-order valence-electron chi connectivity index (χ1n) is 7.90. The summed E-state index contributed by atoms with van der Waals surface area (Å²) in [4.78, 5) is 0. The second kappa shape index (κ2) is 6.22. The summed E-state index contributed by atoms with van der Waals surface area (Å²) in [6.07, 6.45) is 0. The van der Waals surface area contributed by atoms with Crippen molar-refractivity contribution < 1.29 is 14.6 Å². The van der Waals surface area contributed by atoms with E-state index in [2.05, 4.69) is 24.4 Å². The number of rotatable bonds is 4. The highest BCUT2D eigenvalue weighted by Crippen LogP contribution is 2.31. The van der Waals surface area contributed by atoms with Crippen LogP contribution < -0.4 is 10.1 Å². The van der Waals surface area contributed by atoms with Crippen LogP contribution in [-0.4, -0.2) is 10.9 Å². The molecule has 3 rings (SSSR count). The predicted molar refractivity (Wildman–Crippen MR) is 89.3 cm³/mol. The van der Waals surface area contributed by atoms with Gasteiger partial charge in [-0.3, -0.25) is 0 Å². The van der Waals surface area contributed by atoms with Gasteiger partial charge in [-0.15, -0.1) is 0 Å². The van der Waals surface area contributed by atoms with Gasteiger partial charge in [-0.2, -0.15) is 0 Å². The molecule has 122 valence electrons. The van der Waals surface area contributed by atoms with Crippen molar-refractivity contribution in [3.05, 3.63) is 59.2 Å². The maximum Gasteiger partial charge on any atom is 0.205 e. The van der Waals surface area contributed by atoms with Crippen LogP contribution in [0.3, 0.4) is 0 Å². The minimum atomic E-state index is -0.559. The third kappa shape index (κ3) is 3.84. The molecular formula is C19H23NO3. The van der Waals surface area contributed by atoms with E-state index in [0.29, 0.717) is 12.4 Å². The van der Waals surface area contributed by atoms with E-state index in [4.69, 9.17) is 9.47 Å². The Labute approximate surface area is 137 Å². The standard InChI is InChI=1S/C19H23NO3/c1-13(15-5-4-6-17(21)10-15)20-11-14-7-8-18-16(9-14)12-22-19(2,3)23-18/h4-10,13,20-21H,11-12H2,1-3H3. The molecule has 0 fully saturated rings. The highest BCUT2D eigenvalue weighted by Gasteiger charge is 2.27. The molecule has 0 amide bonds. The molecule has 0 saturated heterocycles. The predicted octanol–water partition coefficient (Wildman–Crippen LogP) is 3.89. The van der Waals surface area contributed by atoms with Gasteiger partial charge in [0.15, 0.2) is 0 Å². The second-order valence-electron chi connectivity index (χ2n) is 6.43. The van der Waals surface area contributed by atoms with E-state index < -0.39 is 5.79 Å². The average molecular weight is 313 g/mol. The number of ether oxygens (including phenoxy) is 2. The molecule has 1 unspecified atom stereocenters. The Kier molecular flexibility index (Phi) is 4.28. The van der Waals surface area contributed by atoms with E-state index in [-0.39, 0.29) is 6.04 Å². The van der Waals surface area contributed by atoms with Crippen LogP contribution in [-0.2, 0) is 17.9 Å². The van der Waals surface area contributed by atoms with Gasteiger partial charge < -0.3 is 19.9 Å². The molecule has 0 saturated carbocycles. The summed E-state index contributed by atoms with van der Waals surface area (Å²) < 4.78 is 11.5. The van der Waals surface area contributed by atoms with Crippen molar-refractivity contribution in [1.29, 1.82) is 0 Å². The van der Waals surface area contributed by atoms with Crippen LogP contribution in [0.4, 0.5) is 0 Å². The maximum absolute atomic E-state index is 9.57. The number of hydrogen-bond donors (Lipinski definition) is 2. The van der Waals surface area contributed by atoms with Crippen LogP contribution in [0.2, 0.25) is 0 Å². The largest absolute Gasteiger partial charge is 0.508 e. The molecule has 2 N–H and O–H groups in total. The van der Waals surface area contributed by atoms with Gasteiger partial charge in [0.05, 0.1) is 6.61 Å². The van der Waals surface area contributed by atoms with Crippen LogP contribution in [0, 0.1) is 0 Å². The summed E-state index contributed by atoms with van der Waals surface area (Å²) in [5.74, 6) is 0.629. The number of phenolic OH excluding ortho intramolecular Hbond substituents is 1. The van der Waals surface area contributed by atoms with Crippen LogP contribution in [0.1, 0.15) is 43.5 Å². The molecule has 1 heterocycles. The third-order valence-corrected chi connectivity index (χ3v) is 4.04. The number of phenols is 1. The van der Waals surface area contributed by atoms with E-state index >= 15 is 0 Å². The third-order valence-electron chi connectivity index (χ3n) is 4.04. The highest BCUT2D eigenvalue weighted by molar-refractivity contribution is 5.38. The highest BCUT2D eigenvalue weighted by atomic mass is 16.7. The molecule has 0 radical (unpaired) electrons. The molecule has 0 aliphatic carbocycles. The monoisotopic (exact) mass is 313 g/mol. The van der Waals surface area contributed by atoms with Crippen molar-refractivity contribution in [2.45, 2.75) is 45.8 Å². The molecule has 23 heavy (non-hydrogen) atoms. The second-order valence-corrected chi connectivity index (χ2v) is 6.43. The van der Waals surface area contributed by atoms with Gasteiger partial charge in [0.1, 0.15) is 11.5 Å². The zero-order valence-electron chi connectivity index (χ0n) is 13.8. The van der Waals surface area contributed by atoms with Crippen LogP contribution in [0.15, 0.2) is 42.5 Å². The van der Waals surface area contributed by atoms with Gasteiger partial charge in [0, 0.05) is 32.0 Å². The quantitative estimate of drug-likeness (QED) is 0.899. The van der Waals surface area contributed by atoms with Gasteiger partial charge in [0.25, 0.3) is 0 Å². The Morgan fingerprint density at radius 2 is 2.04 bits per heavy atom. The normalized spacial score (nSPS) is 17.2. The van der Waals surface area contributed by atoms with Gasteiger partial charge in [-0.25, -0.2) is 0 Å². The van der Waals surface area contributed by atoms with Crippen LogP contribution >= 0.6 is 0 Å². The van der Waals surface area contributed by atoms with Gasteiger partial charge in [-0.1, -0.05) is 18.2 Å². The molecule has 4 nitrogen and oxygen atoms in total. The SMILES string of the molecule is CC(NCc1ccc2c(c1)COC(C)(C)O2)c1cccc(O)c1. The molecule has 1 atom stereocenters. The van der Waals surface area contributed by atoms with Gasteiger partial charge in [-0.05, 0) is 42.3 Å². The fraction of sp³-hybridized carbons (Fsp3) is 0.368. The summed E-state index contributed by atoms with van der Waals surface area (Å²) in [5, 5.41) is 13.0. The number of hydrogen-bond acceptors (Lipinski definition) is 4. The molecule has 1 aliphatic rings. The van der Waals surface area contributed by atoms with Crippen molar-refractivity contribution in [3.63, 3.8) is 0 Å². The molecule has 2 aromatic carbocycles. The van der Waals surface area contributed by atoms with Crippen molar-refractivity contribution >= 4 is 0 Å². The number of fused-ring (bicyclic) bond motifs is 1. The first-order valence-corrected chi connectivity index (χ1v) is 7.90. The van der Waals surface area contributed by atoms with E-state index in [0.717, 1.165) is 23.4 Å². The smallest absolute Gasteiger partial charge is 0.205 e. The van der Waals surface area contributed by atoms with E-state index in [1.807, 2.05) is 32.0 Å². The number of nitrogens with one attached hydrogen (secondary N) is 1. The van der Waals surface area contributed by atoms with Gasteiger partial charge in [0.2, 0.25) is 5.79 Å².